The number of fused-ring (bicyclic) bond motifs is 7. The fourth-order valence-electron chi connectivity index (χ4n) is 12.5. The number of aryl methyl sites for hydroxylation is 1. The highest BCUT2D eigenvalue weighted by atomic mass is 16.3. The van der Waals surface area contributed by atoms with E-state index in [4.69, 9.17) is 4.42 Å². The molecule has 0 fully saturated rings. The highest BCUT2D eigenvalue weighted by Gasteiger charge is 2.46. The summed E-state index contributed by atoms with van der Waals surface area (Å²) in [6.45, 7) is 9.26. The van der Waals surface area contributed by atoms with Crippen molar-refractivity contribution in [2.45, 2.75) is 52.4 Å². The highest BCUT2D eigenvalue weighted by molar-refractivity contribution is 7.00. The summed E-state index contributed by atoms with van der Waals surface area (Å²) in [7, 11) is 0. The van der Waals surface area contributed by atoms with Crippen LogP contribution in [0, 0.1) is 0 Å². The molecule has 0 aliphatic carbocycles. The van der Waals surface area contributed by atoms with Crippen LogP contribution in [0.1, 0.15) is 51.7 Å². The number of furan rings is 1. The molecule has 0 radical (unpaired) electrons. The molecule has 0 saturated carbocycles. The van der Waals surface area contributed by atoms with Crippen molar-refractivity contribution in [1.29, 1.82) is 0 Å². The van der Waals surface area contributed by atoms with Crippen LogP contribution < -0.4 is 26.2 Å². The molecule has 4 heteroatoms. The molecule has 12 aromatic rings. The maximum Gasteiger partial charge on any atom is 0.252 e. The molecule has 0 bridgehead atoms. The van der Waals surface area contributed by atoms with Gasteiger partial charge >= 0.3 is 0 Å². The highest BCUT2D eigenvalue weighted by Crippen LogP contribution is 2.53. The van der Waals surface area contributed by atoms with Gasteiger partial charge in [0.25, 0.3) is 6.71 Å². The zero-order valence-electron chi connectivity index (χ0n) is 44.7. The molecule has 3 heterocycles. The van der Waals surface area contributed by atoms with E-state index in [0.717, 1.165) is 63.7 Å². The number of nitrogens with zero attached hydrogens (tertiary/aromatic N) is 2. The Morgan fingerprint density at radius 1 is 0.397 bits per heavy atom. The summed E-state index contributed by atoms with van der Waals surface area (Å²) >= 11 is 0. The van der Waals surface area contributed by atoms with Gasteiger partial charge in [0.2, 0.25) is 0 Å². The van der Waals surface area contributed by atoms with Gasteiger partial charge in [-0.3, -0.25) is 0 Å². The average molecular weight is 1000 g/mol. The standard InChI is InChI=1S/C74H59BN2O/c1-5-6-34-60-65(42-39-59-58-35-22-23-36-70(58)78-73(59)60)76-66-40-37-54(49-24-12-7-13-25-49)45-63(66)75-64-46-55(50-26-14-8-15-27-50)38-41-67(64)77(69-48-57(74(2,3)4)47-68(76)71(69)75)72-61(52-30-18-10-19-31-52)43-56(51-28-16-9-17-29-51)44-62(72)53-32-20-11-21-33-53/h7-33,35-48H,5-6,34H2,1-4H3. The van der Waals surface area contributed by atoms with Crippen LogP contribution in [0.15, 0.2) is 253 Å². The van der Waals surface area contributed by atoms with Crippen molar-refractivity contribution in [3.63, 3.8) is 0 Å². The summed E-state index contributed by atoms with van der Waals surface area (Å²) in [6.07, 6.45) is 2.98. The Labute approximate surface area is 458 Å². The first-order valence-electron chi connectivity index (χ1n) is 27.8. The Morgan fingerprint density at radius 3 is 1.38 bits per heavy atom. The van der Waals surface area contributed by atoms with E-state index < -0.39 is 0 Å². The van der Waals surface area contributed by atoms with Crippen molar-refractivity contribution in [2.75, 3.05) is 9.80 Å². The Morgan fingerprint density at radius 2 is 0.859 bits per heavy atom. The molecule has 11 aromatic carbocycles. The summed E-state index contributed by atoms with van der Waals surface area (Å²) in [5.74, 6) is 0. The maximum absolute atomic E-state index is 7.01. The second-order valence-electron chi connectivity index (χ2n) is 22.2. The minimum atomic E-state index is -0.220. The fraction of sp³-hybridized carbons (Fsp3) is 0.108. The third-order valence-corrected chi connectivity index (χ3v) is 16.4. The van der Waals surface area contributed by atoms with Crippen molar-refractivity contribution in [3.8, 4) is 55.6 Å². The van der Waals surface area contributed by atoms with E-state index >= 15 is 0 Å². The lowest BCUT2D eigenvalue weighted by Gasteiger charge is -2.46. The lowest BCUT2D eigenvalue weighted by Crippen LogP contribution is -2.61. The van der Waals surface area contributed by atoms with E-state index in [0.29, 0.717) is 0 Å². The Bertz CT molecular complexity index is 4160. The largest absolute Gasteiger partial charge is 0.456 e. The number of hydrogen-bond donors (Lipinski definition) is 0. The zero-order valence-corrected chi connectivity index (χ0v) is 44.7. The molecular formula is C74H59BN2O. The molecule has 78 heavy (non-hydrogen) atoms. The monoisotopic (exact) mass is 1000 g/mol. The molecule has 0 atom stereocenters. The van der Waals surface area contributed by atoms with Crippen LogP contribution in [-0.4, -0.2) is 6.71 Å². The number of hydrogen-bond acceptors (Lipinski definition) is 3. The van der Waals surface area contributed by atoms with E-state index in [1.165, 1.54) is 94.8 Å². The normalized spacial score (nSPS) is 12.7. The molecular weight excluding hydrogens is 944 g/mol. The number of anilines is 6. The van der Waals surface area contributed by atoms with Gasteiger partial charge in [-0.05, 0) is 139 Å². The van der Waals surface area contributed by atoms with Crippen LogP contribution in [0.25, 0.3) is 77.6 Å². The number of para-hydroxylation sites is 1. The van der Waals surface area contributed by atoms with Crippen LogP contribution >= 0.6 is 0 Å². The Hall–Kier alpha value is -9.12. The first kappa shape index (κ1) is 47.3. The average Bonchev–Trinajstić information content (AvgIpc) is 4.04. The second kappa shape index (κ2) is 19.2. The summed E-state index contributed by atoms with van der Waals surface area (Å²) in [4.78, 5) is 5.30. The van der Waals surface area contributed by atoms with Gasteiger partial charge in [-0.1, -0.05) is 228 Å². The maximum atomic E-state index is 7.01. The second-order valence-corrected chi connectivity index (χ2v) is 22.2. The van der Waals surface area contributed by atoms with Crippen molar-refractivity contribution in [1.82, 2.24) is 0 Å². The summed E-state index contributed by atoms with van der Waals surface area (Å²) in [6, 6.07) is 92.5. The molecule has 374 valence electrons. The van der Waals surface area contributed by atoms with Gasteiger partial charge in [-0.2, -0.15) is 0 Å². The molecule has 2 aliphatic heterocycles. The first-order chi connectivity index (χ1) is 38.3. The van der Waals surface area contributed by atoms with Gasteiger partial charge in [0.15, 0.2) is 0 Å². The lowest BCUT2D eigenvalue weighted by atomic mass is 9.33. The Balaban J connectivity index is 1.15. The molecule has 0 amide bonds. The predicted molar refractivity (Wildman–Crippen MR) is 332 cm³/mol. The van der Waals surface area contributed by atoms with Crippen LogP contribution in [-0.2, 0) is 11.8 Å². The van der Waals surface area contributed by atoms with Gasteiger partial charge in [-0.15, -0.1) is 0 Å². The van der Waals surface area contributed by atoms with Crippen LogP contribution in [0.5, 0.6) is 0 Å². The van der Waals surface area contributed by atoms with Crippen LogP contribution in [0.3, 0.4) is 0 Å². The van der Waals surface area contributed by atoms with Crippen molar-refractivity contribution >= 4 is 79.2 Å². The minimum absolute atomic E-state index is 0.133. The summed E-state index contributed by atoms with van der Waals surface area (Å²) in [5, 5.41) is 2.31. The van der Waals surface area contributed by atoms with Gasteiger partial charge in [0.1, 0.15) is 11.2 Å². The molecule has 2 aliphatic rings. The van der Waals surface area contributed by atoms with E-state index in [2.05, 4.69) is 286 Å². The van der Waals surface area contributed by atoms with E-state index in [1.807, 2.05) is 0 Å². The summed E-state index contributed by atoms with van der Waals surface area (Å²) < 4.78 is 7.01. The van der Waals surface area contributed by atoms with E-state index in [1.54, 1.807) is 0 Å². The quantitative estimate of drug-likeness (QED) is 0.127. The topological polar surface area (TPSA) is 19.6 Å². The number of rotatable bonds is 10. The van der Waals surface area contributed by atoms with Crippen LogP contribution in [0.4, 0.5) is 34.1 Å². The number of benzene rings is 11. The van der Waals surface area contributed by atoms with Crippen molar-refractivity contribution in [2.24, 2.45) is 0 Å². The smallest absolute Gasteiger partial charge is 0.252 e. The summed E-state index contributed by atoms with van der Waals surface area (Å²) in [5.41, 5.74) is 26.8. The predicted octanol–water partition coefficient (Wildman–Crippen LogP) is 18.6. The van der Waals surface area contributed by atoms with Crippen molar-refractivity contribution < 1.29 is 4.42 Å². The third kappa shape index (κ3) is 7.97. The first-order valence-corrected chi connectivity index (χ1v) is 27.8. The molecule has 1 aromatic heterocycles. The van der Waals surface area contributed by atoms with Crippen LogP contribution in [0.2, 0.25) is 0 Å². The third-order valence-electron chi connectivity index (χ3n) is 16.4. The van der Waals surface area contributed by atoms with Gasteiger partial charge < -0.3 is 14.2 Å². The molecule has 0 N–H and O–H groups in total. The number of unbranched alkanes of at least 4 members (excludes halogenated alkanes) is 1. The van der Waals surface area contributed by atoms with E-state index in [9.17, 15) is 0 Å². The molecule has 0 unspecified atom stereocenters. The molecule has 0 saturated heterocycles. The molecule has 0 spiro atoms. The van der Waals surface area contributed by atoms with Gasteiger partial charge in [0.05, 0.1) is 11.4 Å². The fourth-order valence-corrected chi connectivity index (χ4v) is 12.5. The van der Waals surface area contributed by atoms with Crippen molar-refractivity contribution in [3.05, 3.63) is 260 Å². The molecule has 14 rings (SSSR count). The minimum Gasteiger partial charge on any atom is -0.456 e. The SMILES string of the molecule is CCCCc1c(N2c3ccc(-c4ccccc4)cc3B3c4cc(-c5ccccc5)ccc4N(c4c(-c5ccccc5)cc(-c5ccccc5)cc4-c4ccccc4)c4cc(C(C)(C)C)cc2c43)ccc2c1oc1ccccc12. The molecule has 3 nitrogen and oxygen atoms in total. The van der Waals surface area contributed by atoms with Gasteiger partial charge in [0, 0.05) is 50.2 Å². The zero-order chi connectivity index (χ0) is 52.5. The van der Waals surface area contributed by atoms with E-state index in [-0.39, 0.29) is 12.1 Å². The Kier molecular flexibility index (Phi) is 11.6. The lowest BCUT2D eigenvalue weighted by molar-refractivity contribution is 0.590. The van der Waals surface area contributed by atoms with Gasteiger partial charge in [-0.25, -0.2) is 0 Å².